The molecule has 2 N–H and O–H groups in total. The molecule has 32 heavy (non-hydrogen) atoms. The molecule has 0 radical (unpaired) electrons. The molecule has 2 rings (SSSR count). The summed E-state index contributed by atoms with van der Waals surface area (Å²) in [6.07, 6.45) is -9.22. The van der Waals surface area contributed by atoms with Crippen LogP contribution in [0, 0.1) is 0 Å². The summed E-state index contributed by atoms with van der Waals surface area (Å²) in [5, 5.41) is 17.4. The summed E-state index contributed by atoms with van der Waals surface area (Å²) < 4.78 is 75.2. The molecular weight excluding hydrogens is 466 g/mol. The number of carboxylic acid groups (broad SMARTS) is 2. The van der Waals surface area contributed by atoms with Crippen LogP contribution < -0.4 is 0 Å². The van der Waals surface area contributed by atoms with Gasteiger partial charge < -0.3 is 10.2 Å². The lowest BCUT2D eigenvalue weighted by atomic mass is 9.90. The normalized spacial score (nSPS) is 12.5. The summed E-state index contributed by atoms with van der Waals surface area (Å²) in [5.74, 6) is -3.50. The largest absolute Gasteiger partial charge is 0.481 e. The van der Waals surface area contributed by atoms with Gasteiger partial charge in [0.2, 0.25) is 0 Å². The van der Waals surface area contributed by atoms with Gasteiger partial charge in [-0.3, -0.25) is 9.59 Å². The summed E-state index contributed by atoms with van der Waals surface area (Å²) in [6.45, 7) is 0. The number of hydrogen-bond donors (Lipinski definition) is 2. The van der Waals surface area contributed by atoms with Gasteiger partial charge in [0.05, 0.1) is 23.5 Å². The van der Waals surface area contributed by atoms with Crippen LogP contribution in [0.5, 0.6) is 0 Å². The maximum Gasteiger partial charge on any atom is 0.416 e. The highest BCUT2D eigenvalue weighted by Gasteiger charge is 2.36. The number of carboxylic acids is 2. The fourth-order valence-corrected chi connectivity index (χ4v) is 3.02. The Bertz CT molecular complexity index is 912. The molecule has 0 heterocycles. The third-order valence-corrected chi connectivity index (χ3v) is 4.50. The summed E-state index contributed by atoms with van der Waals surface area (Å²) in [7, 11) is 0. The molecule has 0 saturated heterocycles. The molecule has 0 aliphatic carbocycles. The third-order valence-electron chi connectivity index (χ3n) is 4.23. The first-order chi connectivity index (χ1) is 14.8. The number of halogens is 7. The van der Waals surface area contributed by atoms with E-state index >= 15 is 0 Å². The van der Waals surface area contributed by atoms with Crippen molar-refractivity contribution in [1.82, 2.24) is 0 Å². The van der Waals surface area contributed by atoms with Crippen LogP contribution in [0.1, 0.15) is 41.0 Å². The zero-order valence-corrected chi connectivity index (χ0v) is 17.1. The van der Waals surface area contributed by atoms with E-state index in [1.165, 1.54) is 30.3 Å². The van der Waals surface area contributed by atoms with Gasteiger partial charge in [0.1, 0.15) is 0 Å². The van der Waals surface area contributed by atoms with Gasteiger partial charge >= 0.3 is 24.3 Å². The van der Waals surface area contributed by atoms with Crippen LogP contribution in [0.15, 0.2) is 48.5 Å². The minimum atomic E-state index is -4.55. The number of benzene rings is 2. The van der Waals surface area contributed by atoms with Crippen LogP contribution >= 0.6 is 11.6 Å². The second-order valence-electron chi connectivity index (χ2n) is 6.53. The summed E-state index contributed by atoms with van der Waals surface area (Å²) >= 11 is 5.45. The van der Waals surface area contributed by atoms with Crippen molar-refractivity contribution >= 4 is 23.5 Å². The molecule has 1 atom stereocenters. The second kappa shape index (κ2) is 11.8. The molecule has 1 unspecified atom stereocenters. The van der Waals surface area contributed by atoms with E-state index in [9.17, 15) is 35.9 Å². The molecule has 0 spiro atoms. The maximum absolute atomic E-state index is 12.8. The fraction of sp³-hybridized carbons (Fsp3) is 0.333. The van der Waals surface area contributed by atoms with Crippen LogP contribution in [0.3, 0.4) is 0 Å². The van der Waals surface area contributed by atoms with Crippen molar-refractivity contribution in [2.45, 2.75) is 37.5 Å². The standard InChI is InChI=1S/C12H12ClF3O2.C9H7F3O2/c13-7-3-5-9(11(17)18)8-4-1-2-6-10(8)12(14,15)16;10-9(11,12)7-4-2-1-3-6(7)5-8(13)14/h1-2,4,6,9H,3,5,7H2,(H,17,18);1-4H,5H2,(H,13,14). The quantitative estimate of drug-likeness (QED) is 0.361. The number of carbonyl (C=O) groups is 2. The van der Waals surface area contributed by atoms with Gasteiger partial charge in [-0.25, -0.2) is 0 Å². The van der Waals surface area contributed by atoms with Gasteiger partial charge in [0, 0.05) is 5.88 Å². The van der Waals surface area contributed by atoms with Crippen molar-refractivity contribution in [3.05, 3.63) is 70.8 Å². The van der Waals surface area contributed by atoms with E-state index < -0.39 is 47.8 Å². The molecule has 176 valence electrons. The molecule has 0 aliphatic rings. The number of rotatable bonds is 7. The van der Waals surface area contributed by atoms with Gasteiger partial charge in [0.25, 0.3) is 0 Å². The highest BCUT2D eigenvalue weighted by atomic mass is 35.5. The number of aliphatic carboxylic acids is 2. The molecule has 2 aromatic rings. The van der Waals surface area contributed by atoms with Crippen LogP contribution in [-0.4, -0.2) is 28.0 Å². The molecule has 0 amide bonds. The summed E-state index contributed by atoms with van der Waals surface area (Å²) in [5.41, 5.74) is -2.20. The Hall–Kier alpha value is -2.75. The Morgan fingerprint density at radius 1 is 0.844 bits per heavy atom. The smallest absolute Gasteiger partial charge is 0.416 e. The van der Waals surface area contributed by atoms with Crippen LogP contribution in [-0.2, 0) is 28.4 Å². The van der Waals surface area contributed by atoms with Crippen molar-refractivity contribution in [2.75, 3.05) is 5.88 Å². The first kappa shape index (κ1) is 27.3. The van der Waals surface area contributed by atoms with Crippen LogP contribution in [0.4, 0.5) is 26.3 Å². The molecule has 0 bridgehead atoms. The Kier molecular flexibility index (Phi) is 10.0. The first-order valence-electron chi connectivity index (χ1n) is 9.10. The van der Waals surface area contributed by atoms with Crippen molar-refractivity contribution in [2.24, 2.45) is 0 Å². The molecule has 4 nitrogen and oxygen atoms in total. The first-order valence-corrected chi connectivity index (χ1v) is 9.64. The van der Waals surface area contributed by atoms with Crippen LogP contribution in [0.2, 0.25) is 0 Å². The molecule has 0 aromatic heterocycles. The lowest BCUT2D eigenvalue weighted by Crippen LogP contribution is -2.18. The highest BCUT2D eigenvalue weighted by molar-refractivity contribution is 6.17. The average Bonchev–Trinajstić information content (AvgIpc) is 2.67. The Balaban J connectivity index is 0.000000330. The van der Waals surface area contributed by atoms with Crippen LogP contribution in [0.25, 0.3) is 0 Å². The second-order valence-corrected chi connectivity index (χ2v) is 6.91. The van der Waals surface area contributed by atoms with Crippen molar-refractivity contribution < 1.29 is 46.1 Å². The molecule has 0 aliphatic heterocycles. The molecular formula is C21H19ClF6O4. The topological polar surface area (TPSA) is 74.6 Å². The van der Waals surface area contributed by atoms with E-state index in [2.05, 4.69) is 0 Å². The number of hydrogen-bond acceptors (Lipinski definition) is 2. The van der Waals surface area contributed by atoms with Gasteiger partial charge in [-0.1, -0.05) is 36.4 Å². The minimum absolute atomic E-state index is 0.0892. The number of alkyl halides is 7. The van der Waals surface area contributed by atoms with Gasteiger partial charge in [-0.2, -0.15) is 26.3 Å². The van der Waals surface area contributed by atoms with E-state index in [1.807, 2.05) is 0 Å². The van der Waals surface area contributed by atoms with Gasteiger partial charge in [-0.05, 0) is 36.1 Å². The SMILES string of the molecule is O=C(O)C(CCCCl)c1ccccc1C(F)(F)F.O=C(O)Cc1ccccc1C(F)(F)F. The van der Waals surface area contributed by atoms with E-state index in [4.69, 9.17) is 21.8 Å². The van der Waals surface area contributed by atoms with E-state index in [1.54, 1.807) is 0 Å². The zero-order chi connectivity index (χ0) is 24.5. The Labute approximate surface area is 184 Å². The predicted octanol–water partition coefficient (Wildman–Crippen LogP) is 6.23. The predicted molar refractivity (Wildman–Crippen MR) is 105 cm³/mol. The van der Waals surface area contributed by atoms with E-state index in [-0.39, 0.29) is 23.4 Å². The van der Waals surface area contributed by atoms with E-state index in [0.29, 0.717) is 6.42 Å². The minimum Gasteiger partial charge on any atom is -0.481 e. The molecule has 11 heteroatoms. The average molecular weight is 485 g/mol. The lowest BCUT2D eigenvalue weighted by Gasteiger charge is -2.18. The van der Waals surface area contributed by atoms with Crippen molar-refractivity contribution in [3.63, 3.8) is 0 Å². The highest BCUT2D eigenvalue weighted by Crippen LogP contribution is 2.36. The molecule has 0 fully saturated rings. The summed E-state index contributed by atoms with van der Waals surface area (Å²) in [4.78, 5) is 21.4. The van der Waals surface area contributed by atoms with Gasteiger partial charge in [-0.15, -0.1) is 11.6 Å². The Morgan fingerprint density at radius 2 is 1.34 bits per heavy atom. The maximum atomic E-state index is 12.8. The van der Waals surface area contributed by atoms with Crippen molar-refractivity contribution in [1.29, 1.82) is 0 Å². The molecule has 2 aromatic carbocycles. The lowest BCUT2D eigenvalue weighted by molar-refractivity contribution is -0.142. The van der Waals surface area contributed by atoms with Gasteiger partial charge in [0.15, 0.2) is 0 Å². The zero-order valence-electron chi connectivity index (χ0n) is 16.4. The monoisotopic (exact) mass is 484 g/mol. The fourth-order valence-electron chi connectivity index (χ4n) is 2.87. The summed E-state index contributed by atoms with van der Waals surface area (Å²) in [6, 6.07) is 9.40. The third kappa shape index (κ3) is 8.41. The van der Waals surface area contributed by atoms with Crippen molar-refractivity contribution in [3.8, 4) is 0 Å². The Morgan fingerprint density at radius 3 is 1.81 bits per heavy atom. The van der Waals surface area contributed by atoms with E-state index in [0.717, 1.165) is 18.2 Å². The molecule has 0 saturated carbocycles.